The van der Waals surface area contributed by atoms with Gasteiger partial charge in [-0.25, -0.2) is 0 Å². The van der Waals surface area contributed by atoms with Gasteiger partial charge in [-0.2, -0.15) is 0 Å². The van der Waals surface area contributed by atoms with Crippen LogP contribution in [0, 0.1) is 11.8 Å². The van der Waals surface area contributed by atoms with E-state index in [1.54, 1.807) is 6.07 Å². The Bertz CT molecular complexity index is 489. The first-order chi connectivity index (χ1) is 9.63. The van der Waals surface area contributed by atoms with Gasteiger partial charge in [0.1, 0.15) is 5.75 Å². The van der Waals surface area contributed by atoms with E-state index in [2.05, 4.69) is 19.2 Å². The van der Waals surface area contributed by atoms with Gasteiger partial charge in [0.2, 0.25) is 6.79 Å². The summed E-state index contributed by atoms with van der Waals surface area (Å²) in [6, 6.07) is 4.06. The summed E-state index contributed by atoms with van der Waals surface area (Å²) in [5.74, 6) is 3.16. The third-order valence-electron chi connectivity index (χ3n) is 4.56. The fourth-order valence-corrected chi connectivity index (χ4v) is 3.32. The van der Waals surface area contributed by atoms with Crippen LogP contribution < -0.4 is 14.8 Å². The van der Waals surface area contributed by atoms with E-state index in [9.17, 15) is 5.11 Å². The van der Waals surface area contributed by atoms with Crippen LogP contribution in [-0.4, -0.2) is 17.9 Å². The minimum Gasteiger partial charge on any atom is -0.507 e. The summed E-state index contributed by atoms with van der Waals surface area (Å²) in [5, 5.41) is 13.6. The van der Waals surface area contributed by atoms with Crippen molar-refractivity contribution >= 4 is 0 Å². The summed E-state index contributed by atoms with van der Waals surface area (Å²) in [6.07, 6.45) is 3.79. The second-order valence-corrected chi connectivity index (χ2v) is 6.22. The van der Waals surface area contributed by atoms with Crippen molar-refractivity contribution in [1.29, 1.82) is 0 Å². The van der Waals surface area contributed by atoms with Crippen LogP contribution in [0.3, 0.4) is 0 Å². The number of phenols is 1. The standard InChI is InChI=1S/C16H23NO3/c1-10-3-4-13(11(2)5-10)17-8-12-6-15-16(7-14(12)18)20-9-19-15/h6-7,10-11,13,17-18H,3-5,8-9H2,1-2H3. The Morgan fingerprint density at radius 2 is 1.95 bits per heavy atom. The van der Waals surface area contributed by atoms with Crippen molar-refractivity contribution in [2.45, 2.75) is 45.7 Å². The van der Waals surface area contributed by atoms with Gasteiger partial charge in [0.15, 0.2) is 11.5 Å². The molecule has 1 heterocycles. The predicted molar refractivity (Wildman–Crippen MR) is 77.0 cm³/mol. The van der Waals surface area contributed by atoms with E-state index in [0.717, 1.165) is 17.2 Å². The van der Waals surface area contributed by atoms with Crippen LogP contribution in [0.15, 0.2) is 12.1 Å². The first-order valence-corrected chi connectivity index (χ1v) is 7.48. The molecule has 0 saturated heterocycles. The second kappa shape index (κ2) is 5.52. The van der Waals surface area contributed by atoms with E-state index >= 15 is 0 Å². The maximum absolute atomic E-state index is 10.0. The zero-order chi connectivity index (χ0) is 14.1. The Hall–Kier alpha value is -1.42. The number of benzene rings is 1. The summed E-state index contributed by atoms with van der Waals surface area (Å²) in [6.45, 7) is 5.55. The first-order valence-electron chi connectivity index (χ1n) is 7.48. The van der Waals surface area contributed by atoms with Crippen LogP contribution in [0.4, 0.5) is 0 Å². The number of rotatable bonds is 3. The van der Waals surface area contributed by atoms with Crippen molar-refractivity contribution in [1.82, 2.24) is 5.32 Å². The molecule has 3 atom stereocenters. The number of hydrogen-bond donors (Lipinski definition) is 2. The Kier molecular flexibility index (Phi) is 3.74. The van der Waals surface area contributed by atoms with Crippen LogP contribution in [0.25, 0.3) is 0 Å². The molecule has 3 rings (SSSR count). The minimum absolute atomic E-state index is 0.239. The lowest BCUT2D eigenvalue weighted by Gasteiger charge is -2.33. The lowest BCUT2D eigenvalue weighted by molar-refractivity contribution is 0.174. The molecule has 2 N–H and O–H groups in total. The molecule has 0 spiro atoms. The maximum Gasteiger partial charge on any atom is 0.231 e. The molecule has 4 heteroatoms. The molecule has 0 radical (unpaired) electrons. The lowest BCUT2D eigenvalue weighted by Crippen LogP contribution is -2.38. The summed E-state index contributed by atoms with van der Waals surface area (Å²) in [5.41, 5.74) is 0.875. The fraction of sp³-hybridized carbons (Fsp3) is 0.625. The summed E-state index contributed by atoms with van der Waals surface area (Å²) < 4.78 is 10.6. The van der Waals surface area contributed by atoms with Crippen LogP contribution in [0.1, 0.15) is 38.7 Å². The van der Waals surface area contributed by atoms with E-state index in [4.69, 9.17) is 9.47 Å². The van der Waals surface area contributed by atoms with E-state index < -0.39 is 0 Å². The maximum atomic E-state index is 10.0. The molecule has 0 aromatic heterocycles. The molecule has 2 aliphatic rings. The molecule has 1 aromatic rings. The van der Waals surface area contributed by atoms with Crippen molar-refractivity contribution in [2.75, 3.05) is 6.79 Å². The average Bonchev–Trinajstić information content (AvgIpc) is 2.84. The van der Waals surface area contributed by atoms with Crippen LogP contribution >= 0.6 is 0 Å². The second-order valence-electron chi connectivity index (χ2n) is 6.22. The van der Waals surface area contributed by atoms with Crippen molar-refractivity contribution < 1.29 is 14.6 Å². The molecule has 4 nitrogen and oxygen atoms in total. The monoisotopic (exact) mass is 277 g/mol. The normalized spacial score (nSPS) is 28.6. The van der Waals surface area contributed by atoms with E-state index in [-0.39, 0.29) is 12.5 Å². The van der Waals surface area contributed by atoms with E-state index in [1.165, 1.54) is 19.3 Å². The lowest BCUT2D eigenvalue weighted by atomic mass is 9.80. The number of hydrogen-bond acceptors (Lipinski definition) is 4. The van der Waals surface area contributed by atoms with Crippen molar-refractivity contribution in [3.63, 3.8) is 0 Å². The molecular weight excluding hydrogens is 254 g/mol. The van der Waals surface area contributed by atoms with Gasteiger partial charge in [-0.15, -0.1) is 0 Å². The van der Waals surface area contributed by atoms with Crippen LogP contribution in [0.2, 0.25) is 0 Å². The largest absolute Gasteiger partial charge is 0.507 e. The Morgan fingerprint density at radius 1 is 1.20 bits per heavy atom. The van der Waals surface area contributed by atoms with Gasteiger partial charge >= 0.3 is 0 Å². The number of fused-ring (bicyclic) bond motifs is 1. The Morgan fingerprint density at radius 3 is 2.70 bits per heavy atom. The highest BCUT2D eigenvalue weighted by Gasteiger charge is 2.25. The number of aromatic hydroxyl groups is 1. The smallest absolute Gasteiger partial charge is 0.231 e. The molecule has 0 amide bonds. The zero-order valence-electron chi connectivity index (χ0n) is 12.2. The zero-order valence-corrected chi connectivity index (χ0v) is 12.2. The number of nitrogens with one attached hydrogen (secondary N) is 1. The molecule has 1 aliphatic carbocycles. The van der Waals surface area contributed by atoms with Gasteiger partial charge < -0.3 is 19.9 Å². The van der Waals surface area contributed by atoms with Crippen LogP contribution in [0.5, 0.6) is 17.2 Å². The fourth-order valence-electron chi connectivity index (χ4n) is 3.32. The van der Waals surface area contributed by atoms with E-state index in [1.807, 2.05) is 6.07 Å². The van der Waals surface area contributed by atoms with Gasteiger partial charge in [0, 0.05) is 24.2 Å². The summed E-state index contributed by atoms with van der Waals surface area (Å²) in [4.78, 5) is 0. The molecule has 3 unspecified atom stereocenters. The molecule has 1 aromatic carbocycles. The van der Waals surface area contributed by atoms with Gasteiger partial charge in [0.05, 0.1) is 0 Å². The predicted octanol–water partition coefficient (Wildman–Crippen LogP) is 3.04. The highest BCUT2D eigenvalue weighted by Crippen LogP contribution is 2.37. The highest BCUT2D eigenvalue weighted by molar-refractivity contribution is 5.51. The summed E-state index contributed by atoms with van der Waals surface area (Å²) in [7, 11) is 0. The van der Waals surface area contributed by atoms with E-state index in [0.29, 0.717) is 24.3 Å². The van der Waals surface area contributed by atoms with Gasteiger partial charge in [-0.05, 0) is 37.2 Å². The summed E-state index contributed by atoms with van der Waals surface area (Å²) >= 11 is 0. The van der Waals surface area contributed by atoms with Crippen molar-refractivity contribution in [2.24, 2.45) is 11.8 Å². The Balaban J connectivity index is 1.64. The molecule has 110 valence electrons. The average molecular weight is 277 g/mol. The quantitative estimate of drug-likeness (QED) is 0.891. The SMILES string of the molecule is CC1CCC(NCc2cc3c(cc2O)OCO3)C(C)C1. The Labute approximate surface area is 120 Å². The molecule has 1 fully saturated rings. The molecular formula is C16H23NO3. The molecule has 20 heavy (non-hydrogen) atoms. The topological polar surface area (TPSA) is 50.7 Å². The molecule has 0 bridgehead atoms. The third-order valence-corrected chi connectivity index (χ3v) is 4.56. The van der Waals surface area contributed by atoms with Gasteiger partial charge in [-0.1, -0.05) is 13.8 Å². The minimum atomic E-state index is 0.239. The highest BCUT2D eigenvalue weighted by atomic mass is 16.7. The van der Waals surface area contributed by atoms with Gasteiger partial charge in [0.25, 0.3) is 0 Å². The van der Waals surface area contributed by atoms with Gasteiger partial charge in [-0.3, -0.25) is 0 Å². The number of ether oxygens (including phenoxy) is 2. The first kappa shape index (κ1) is 13.6. The molecule has 1 saturated carbocycles. The number of phenolic OH excluding ortho intramolecular Hbond substituents is 1. The van der Waals surface area contributed by atoms with Crippen LogP contribution in [-0.2, 0) is 6.54 Å². The molecule has 1 aliphatic heterocycles. The van der Waals surface area contributed by atoms with Crippen molar-refractivity contribution in [3.8, 4) is 17.2 Å². The third kappa shape index (κ3) is 2.70. The van der Waals surface area contributed by atoms with Crippen molar-refractivity contribution in [3.05, 3.63) is 17.7 Å².